The van der Waals surface area contributed by atoms with Gasteiger partial charge in [-0.3, -0.25) is 4.79 Å². The lowest BCUT2D eigenvalue weighted by Gasteiger charge is -2.33. The van der Waals surface area contributed by atoms with E-state index in [2.05, 4.69) is 29.2 Å². The Balaban J connectivity index is 1.95. The van der Waals surface area contributed by atoms with Crippen molar-refractivity contribution in [3.63, 3.8) is 0 Å². The summed E-state index contributed by atoms with van der Waals surface area (Å²) in [5.74, 6) is 1.37. The van der Waals surface area contributed by atoms with Crippen LogP contribution in [0.4, 0.5) is 0 Å². The monoisotopic (exact) mass is 225 g/mol. The van der Waals surface area contributed by atoms with Gasteiger partial charge < -0.3 is 4.98 Å². The van der Waals surface area contributed by atoms with Crippen LogP contribution in [0.2, 0.25) is 0 Å². The van der Waals surface area contributed by atoms with Crippen LogP contribution in [0.5, 0.6) is 0 Å². The fraction of sp³-hybridized carbons (Fsp3) is 0.400. The van der Waals surface area contributed by atoms with E-state index in [1.165, 1.54) is 22.2 Å². The van der Waals surface area contributed by atoms with Crippen LogP contribution in [0.3, 0.4) is 0 Å². The Labute approximate surface area is 100 Å². The molecule has 2 nitrogen and oxygen atoms in total. The molecule has 1 fully saturated rings. The minimum absolute atomic E-state index is 0.292. The number of nitrogens with one attached hydrogen (secondary N) is 1. The predicted molar refractivity (Wildman–Crippen MR) is 67.1 cm³/mol. The number of carbonyl (C=O) groups excluding carboxylic acids is 1. The molecule has 0 spiro atoms. The second-order valence-corrected chi connectivity index (χ2v) is 5.40. The average Bonchev–Trinajstić information content (AvgIpc) is 2.73. The number of rotatable bonds is 0. The van der Waals surface area contributed by atoms with Crippen molar-refractivity contribution < 1.29 is 4.79 Å². The third-order valence-electron chi connectivity index (χ3n) is 4.47. The van der Waals surface area contributed by atoms with Crippen LogP contribution >= 0.6 is 0 Å². The number of aromatic amines is 1. The molecule has 0 unspecified atom stereocenters. The first kappa shape index (κ1) is 9.46. The highest BCUT2D eigenvalue weighted by atomic mass is 16.1. The number of benzene rings is 1. The van der Waals surface area contributed by atoms with Crippen LogP contribution in [-0.4, -0.2) is 10.8 Å². The average molecular weight is 225 g/mol. The number of para-hydroxylation sites is 1. The normalized spacial score (nSPS) is 27.2. The van der Waals surface area contributed by atoms with Crippen LogP contribution in [0.15, 0.2) is 24.3 Å². The zero-order valence-electron chi connectivity index (χ0n) is 9.70. The van der Waals surface area contributed by atoms with Crippen LogP contribution in [0.25, 0.3) is 10.9 Å². The van der Waals surface area contributed by atoms with Gasteiger partial charge in [-0.15, -0.1) is 0 Å². The number of Topliss-reactive ketones (excluding diaryl/α,β-unsaturated/α-hetero) is 1. The van der Waals surface area contributed by atoms with E-state index in [1.807, 2.05) is 0 Å². The fourth-order valence-electron chi connectivity index (χ4n) is 3.61. The Morgan fingerprint density at radius 2 is 2.06 bits per heavy atom. The van der Waals surface area contributed by atoms with Crippen molar-refractivity contribution in [2.24, 2.45) is 5.92 Å². The van der Waals surface area contributed by atoms with E-state index in [0.29, 0.717) is 17.6 Å². The molecule has 2 aromatic rings. The van der Waals surface area contributed by atoms with E-state index in [1.54, 1.807) is 0 Å². The second-order valence-electron chi connectivity index (χ2n) is 5.40. The van der Waals surface area contributed by atoms with Gasteiger partial charge in [-0.2, -0.15) is 0 Å². The van der Waals surface area contributed by atoms with Crippen LogP contribution in [0.1, 0.15) is 36.4 Å². The Morgan fingerprint density at radius 3 is 3.00 bits per heavy atom. The largest absolute Gasteiger partial charge is 0.358 e. The summed E-state index contributed by atoms with van der Waals surface area (Å²) >= 11 is 0. The SMILES string of the molecule is O=C1CC[C@@H]2C[C@H]1Cc1c2[nH]c2ccccc12. The highest BCUT2D eigenvalue weighted by Gasteiger charge is 2.36. The molecule has 86 valence electrons. The molecule has 2 heteroatoms. The van der Waals surface area contributed by atoms with Crippen molar-refractivity contribution in [2.75, 3.05) is 0 Å². The van der Waals surface area contributed by atoms with E-state index in [0.717, 1.165) is 25.7 Å². The predicted octanol–water partition coefficient (Wildman–Crippen LogP) is 3.18. The minimum Gasteiger partial charge on any atom is -0.358 e. The maximum Gasteiger partial charge on any atom is 0.136 e. The van der Waals surface area contributed by atoms with Crippen LogP contribution in [-0.2, 0) is 11.2 Å². The molecule has 0 aliphatic heterocycles. The number of H-pyrrole nitrogens is 1. The molecular formula is C15H15NO. The molecule has 4 rings (SSSR count). The lowest BCUT2D eigenvalue weighted by Crippen LogP contribution is -2.30. The fourth-order valence-corrected chi connectivity index (χ4v) is 3.61. The zero-order valence-corrected chi connectivity index (χ0v) is 9.70. The molecule has 0 saturated heterocycles. The summed E-state index contributed by atoms with van der Waals surface area (Å²) in [6.45, 7) is 0. The summed E-state index contributed by atoms with van der Waals surface area (Å²) in [4.78, 5) is 15.4. The Morgan fingerprint density at radius 1 is 1.18 bits per heavy atom. The van der Waals surface area contributed by atoms with E-state index < -0.39 is 0 Å². The molecule has 0 radical (unpaired) electrons. The number of ketones is 1. The van der Waals surface area contributed by atoms with Crippen molar-refractivity contribution in [3.8, 4) is 0 Å². The van der Waals surface area contributed by atoms with E-state index >= 15 is 0 Å². The molecule has 2 aliphatic carbocycles. The van der Waals surface area contributed by atoms with Crippen LogP contribution < -0.4 is 0 Å². The van der Waals surface area contributed by atoms with E-state index in [9.17, 15) is 4.79 Å². The Kier molecular flexibility index (Phi) is 1.79. The lowest BCUT2D eigenvalue weighted by atomic mass is 9.71. The molecule has 0 amide bonds. The third kappa shape index (κ3) is 1.24. The van der Waals surface area contributed by atoms with Crippen molar-refractivity contribution in [3.05, 3.63) is 35.5 Å². The van der Waals surface area contributed by atoms with Gasteiger partial charge in [0.1, 0.15) is 5.78 Å². The summed E-state index contributed by atoms with van der Waals surface area (Å²) in [5, 5.41) is 1.33. The summed E-state index contributed by atoms with van der Waals surface area (Å²) < 4.78 is 0. The molecule has 1 N–H and O–H groups in total. The minimum atomic E-state index is 0.292. The van der Waals surface area contributed by atoms with Crippen molar-refractivity contribution in [1.82, 2.24) is 4.98 Å². The van der Waals surface area contributed by atoms with E-state index in [-0.39, 0.29) is 0 Å². The van der Waals surface area contributed by atoms with Crippen LogP contribution in [0, 0.1) is 5.92 Å². The Hall–Kier alpha value is -1.57. The van der Waals surface area contributed by atoms with Crippen molar-refractivity contribution in [1.29, 1.82) is 0 Å². The summed E-state index contributed by atoms with van der Waals surface area (Å²) in [5.41, 5.74) is 4.06. The highest BCUT2D eigenvalue weighted by Crippen LogP contribution is 2.44. The molecule has 1 aromatic heterocycles. The summed E-state index contributed by atoms with van der Waals surface area (Å²) in [7, 11) is 0. The molecule has 2 atom stereocenters. The Bertz CT molecular complexity index is 610. The molecule has 2 bridgehead atoms. The lowest BCUT2D eigenvalue weighted by molar-refractivity contribution is -0.125. The van der Waals surface area contributed by atoms with Gasteiger partial charge in [-0.25, -0.2) is 0 Å². The number of hydrogen-bond acceptors (Lipinski definition) is 1. The van der Waals surface area contributed by atoms with Crippen molar-refractivity contribution in [2.45, 2.75) is 31.6 Å². The molecular weight excluding hydrogens is 210 g/mol. The highest BCUT2D eigenvalue weighted by molar-refractivity contribution is 5.88. The first-order valence-corrected chi connectivity index (χ1v) is 6.45. The van der Waals surface area contributed by atoms with Gasteiger partial charge in [0.15, 0.2) is 0 Å². The van der Waals surface area contributed by atoms with Gasteiger partial charge in [0.2, 0.25) is 0 Å². The quantitative estimate of drug-likeness (QED) is 0.734. The maximum absolute atomic E-state index is 11.9. The second kappa shape index (κ2) is 3.22. The topological polar surface area (TPSA) is 32.9 Å². The molecule has 2 aliphatic rings. The molecule has 1 aromatic carbocycles. The van der Waals surface area contributed by atoms with Gasteiger partial charge in [0, 0.05) is 34.9 Å². The van der Waals surface area contributed by atoms with Gasteiger partial charge in [-0.05, 0) is 30.9 Å². The van der Waals surface area contributed by atoms with E-state index in [4.69, 9.17) is 0 Å². The molecule has 17 heavy (non-hydrogen) atoms. The zero-order chi connectivity index (χ0) is 11.4. The first-order valence-electron chi connectivity index (χ1n) is 6.45. The standard InChI is InChI=1S/C15H15NO/c17-14-6-5-9-7-10(14)8-12-11-3-1-2-4-13(11)16-15(9)12/h1-4,9-10,16H,5-8H2/t9-,10+/m1/s1. The third-order valence-corrected chi connectivity index (χ3v) is 4.47. The van der Waals surface area contributed by atoms with Gasteiger partial charge in [0.25, 0.3) is 0 Å². The number of aromatic nitrogens is 1. The van der Waals surface area contributed by atoms with Gasteiger partial charge >= 0.3 is 0 Å². The summed E-state index contributed by atoms with van der Waals surface area (Å²) in [6, 6.07) is 8.47. The summed E-state index contributed by atoms with van der Waals surface area (Å²) in [6.07, 6.45) is 3.84. The maximum atomic E-state index is 11.9. The van der Waals surface area contributed by atoms with Crippen molar-refractivity contribution >= 4 is 16.7 Å². The smallest absolute Gasteiger partial charge is 0.136 e. The first-order chi connectivity index (χ1) is 8.33. The molecule has 1 saturated carbocycles. The number of hydrogen-bond donors (Lipinski definition) is 1. The molecule has 1 heterocycles. The number of carbonyl (C=O) groups is 1. The number of fused-ring (bicyclic) bond motifs is 6. The van der Waals surface area contributed by atoms with Gasteiger partial charge in [-0.1, -0.05) is 18.2 Å². The van der Waals surface area contributed by atoms with Gasteiger partial charge in [0.05, 0.1) is 0 Å².